The summed E-state index contributed by atoms with van der Waals surface area (Å²) in [6, 6.07) is 0. The van der Waals surface area contributed by atoms with Gasteiger partial charge in [-0.3, -0.25) is 10.5 Å². The Morgan fingerprint density at radius 2 is 1.44 bits per heavy atom. The average molecular weight is 257 g/mol. The molecule has 0 heterocycles. The molecule has 108 valence electrons. The van der Waals surface area contributed by atoms with Gasteiger partial charge in [0.15, 0.2) is 6.23 Å². The summed E-state index contributed by atoms with van der Waals surface area (Å²) in [6.07, 6.45) is 12.5. The van der Waals surface area contributed by atoms with Crippen LogP contribution in [0.1, 0.15) is 84.5 Å². The number of hydrogen-bond acceptors (Lipinski definition) is 3. The predicted octanol–water partition coefficient (Wildman–Crippen LogP) is 4.15. The van der Waals surface area contributed by atoms with Gasteiger partial charge in [-0.2, -0.15) is 0 Å². The summed E-state index contributed by atoms with van der Waals surface area (Å²) in [5.74, 6) is -0.196. The molecule has 0 amide bonds. The van der Waals surface area contributed by atoms with Gasteiger partial charge in [0.2, 0.25) is 0 Å². The second-order valence-corrected chi connectivity index (χ2v) is 5.00. The number of ether oxygens (including phenoxy) is 1. The van der Waals surface area contributed by atoms with Crippen LogP contribution in [0.2, 0.25) is 0 Å². The van der Waals surface area contributed by atoms with Crippen LogP contribution >= 0.6 is 0 Å². The molecule has 0 aliphatic rings. The maximum atomic E-state index is 11.0. The molecule has 0 aromatic carbocycles. The first-order chi connectivity index (χ1) is 8.70. The molecule has 0 aromatic heterocycles. The van der Waals surface area contributed by atoms with Crippen molar-refractivity contribution in [3.63, 3.8) is 0 Å². The molecule has 0 saturated carbocycles. The molecule has 0 aliphatic heterocycles. The molecule has 1 atom stereocenters. The highest BCUT2D eigenvalue weighted by atomic mass is 16.6. The lowest BCUT2D eigenvalue weighted by Gasteiger charge is -2.12. The largest absolute Gasteiger partial charge is 0.447 e. The number of nitrogens with two attached hydrogens (primary N) is 1. The Morgan fingerprint density at radius 3 is 1.94 bits per heavy atom. The molecule has 0 aliphatic carbocycles. The van der Waals surface area contributed by atoms with Gasteiger partial charge in [0.1, 0.15) is 0 Å². The highest BCUT2D eigenvalue weighted by Gasteiger charge is 2.06. The van der Waals surface area contributed by atoms with Crippen LogP contribution in [0.25, 0.3) is 0 Å². The van der Waals surface area contributed by atoms with Crippen LogP contribution < -0.4 is 5.73 Å². The molecular formula is C15H31NO2. The Bertz CT molecular complexity index is 195. The first kappa shape index (κ1) is 17.4. The number of hydrogen-bond donors (Lipinski definition) is 1. The fraction of sp³-hybridized carbons (Fsp3) is 0.933. The van der Waals surface area contributed by atoms with E-state index >= 15 is 0 Å². The Balaban J connectivity index is 3.17. The SMILES string of the molecule is CCCCCCCCCCCC(N)OC(=O)CC. The quantitative estimate of drug-likeness (QED) is 0.325. The maximum absolute atomic E-state index is 11.0. The Hall–Kier alpha value is -0.570. The van der Waals surface area contributed by atoms with E-state index in [2.05, 4.69) is 6.92 Å². The van der Waals surface area contributed by atoms with E-state index in [9.17, 15) is 4.79 Å². The van der Waals surface area contributed by atoms with Gasteiger partial charge in [-0.15, -0.1) is 0 Å². The molecule has 0 radical (unpaired) electrons. The van der Waals surface area contributed by atoms with Gasteiger partial charge in [-0.1, -0.05) is 65.2 Å². The van der Waals surface area contributed by atoms with Crippen LogP contribution in [-0.4, -0.2) is 12.2 Å². The first-order valence-electron chi connectivity index (χ1n) is 7.65. The van der Waals surface area contributed by atoms with Crippen LogP contribution in [-0.2, 0) is 9.53 Å². The van der Waals surface area contributed by atoms with E-state index < -0.39 is 6.23 Å². The standard InChI is InChI=1S/C15H31NO2/c1-3-5-6-7-8-9-10-11-12-13-14(16)18-15(17)4-2/h14H,3-13,16H2,1-2H3. The van der Waals surface area contributed by atoms with E-state index in [-0.39, 0.29) is 5.97 Å². The second kappa shape index (κ2) is 12.9. The zero-order valence-corrected chi connectivity index (χ0v) is 12.2. The lowest BCUT2D eigenvalue weighted by atomic mass is 10.1. The van der Waals surface area contributed by atoms with E-state index in [1.807, 2.05) is 0 Å². The molecule has 0 rings (SSSR count). The number of rotatable bonds is 12. The lowest BCUT2D eigenvalue weighted by molar-refractivity contribution is -0.148. The summed E-state index contributed by atoms with van der Waals surface area (Å²) in [5.41, 5.74) is 5.70. The number of carbonyl (C=O) groups excluding carboxylic acids is 1. The first-order valence-corrected chi connectivity index (χ1v) is 7.65. The third-order valence-electron chi connectivity index (χ3n) is 3.16. The van der Waals surface area contributed by atoms with Crippen molar-refractivity contribution in [2.24, 2.45) is 5.73 Å². The monoisotopic (exact) mass is 257 g/mol. The Labute approximate surface area is 112 Å². The molecule has 1 unspecified atom stereocenters. The van der Waals surface area contributed by atoms with E-state index in [0.717, 1.165) is 12.8 Å². The maximum Gasteiger partial charge on any atom is 0.307 e. The van der Waals surface area contributed by atoms with Gasteiger partial charge >= 0.3 is 5.97 Å². The molecule has 18 heavy (non-hydrogen) atoms. The second-order valence-electron chi connectivity index (χ2n) is 5.00. The molecule has 0 spiro atoms. The molecule has 0 bridgehead atoms. The van der Waals surface area contributed by atoms with Crippen LogP contribution in [0.3, 0.4) is 0 Å². The Kier molecular flexibility index (Phi) is 12.5. The van der Waals surface area contributed by atoms with Crippen LogP contribution in [0.5, 0.6) is 0 Å². The van der Waals surface area contributed by atoms with E-state index in [1.165, 1.54) is 51.4 Å². The fourth-order valence-electron chi connectivity index (χ4n) is 1.97. The molecule has 3 nitrogen and oxygen atoms in total. The molecule has 3 heteroatoms. The van der Waals surface area contributed by atoms with Crippen molar-refractivity contribution in [2.45, 2.75) is 90.7 Å². The van der Waals surface area contributed by atoms with Crippen molar-refractivity contribution in [1.82, 2.24) is 0 Å². The summed E-state index contributed by atoms with van der Waals surface area (Å²) in [4.78, 5) is 11.0. The van der Waals surface area contributed by atoms with E-state index in [4.69, 9.17) is 10.5 Å². The van der Waals surface area contributed by atoms with Crippen LogP contribution in [0, 0.1) is 0 Å². The molecular weight excluding hydrogens is 226 g/mol. The van der Waals surface area contributed by atoms with Crippen molar-refractivity contribution in [1.29, 1.82) is 0 Å². The minimum Gasteiger partial charge on any atom is -0.447 e. The summed E-state index contributed by atoms with van der Waals surface area (Å²) >= 11 is 0. The van der Waals surface area contributed by atoms with Crippen LogP contribution in [0.15, 0.2) is 0 Å². The number of carbonyl (C=O) groups is 1. The topological polar surface area (TPSA) is 52.3 Å². The van der Waals surface area contributed by atoms with Crippen molar-refractivity contribution >= 4 is 5.97 Å². The number of esters is 1. The normalized spacial score (nSPS) is 12.4. The summed E-state index contributed by atoms with van der Waals surface area (Å²) in [6.45, 7) is 4.03. The third kappa shape index (κ3) is 11.9. The van der Waals surface area contributed by atoms with Gasteiger partial charge in [0.05, 0.1) is 0 Å². The molecule has 2 N–H and O–H groups in total. The third-order valence-corrected chi connectivity index (χ3v) is 3.16. The zero-order chi connectivity index (χ0) is 13.6. The average Bonchev–Trinajstić information content (AvgIpc) is 2.36. The van der Waals surface area contributed by atoms with Gasteiger partial charge < -0.3 is 4.74 Å². The van der Waals surface area contributed by atoms with Gasteiger partial charge in [-0.25, -0.2) is 0 Å². The summed E-state index contributed by atoms with van der Waals surface area (Å²) < 4.78 is 5.01. The summed E-state index contributed by atoms with van der Waals surface area (Å²) in [7, 11) is 0. The van der Waals surface area contributed by atoms with Crippen LogP contribution in [0.4, 0.5) is 0 Å². The molecule has 0 saturated heterocycles. The molecule has 0 aromatic rings. The minimum atomic E-state index is -0.401. The van der Waals surface area contributed by atoms with E-state index in [0.29, 0.717) is 6.42 Å². The van der Waals surface area contributed by atoms with Gasteiger partial charge in [0.25, 0.3) is 0 Å². The van der Waals surface area contributed by atoms with Gasteiger partial charge in [-0.05, 0) is 12.8 Å². The smallest absolute Gasteiger partial charge is 0.307 e. The Morgan fingerprint density at radius 1 is 0.944 bits per heavy atom. The fourth-order valence-corrected chi connectivity index (χ4v) is 1.97. The van der Waals surface area contributed by atoms with Crippen molar-refractivity contribution in [2.75, 3.05) is 0 Å². The lowest BCUT2D eigenvalue weighted by Crippen LogP contribution is -2.26. The van der Waals surface area contributed by atoms with Crippen molar-refractivity contribution in [3.8, 4) is 0 Å². The highest BCUT2D eigenvalue weighted by molar-refractivity contribution is 5.68. The van der Waals surface area contributed by atoms with Crippen molar-refractivity contribution in [3.05, 3.63) is 0 Å². The van der Waals surface area contributed by atoms with E-state index in [1.54, 1.807) is 6.92 Å². The van der Waals surface area contributed by atoms with Crippen molar-refractivity contribution < 1.29 is 9.53 Å². The number of unbranched alkanes of at least 4 members (excludes halogenated alkanes) is 8. The predicted molar refractivity (Wildman–Crippen MR) is 76.2 cm³/mol. The summed E-state index contributed by atoms with van der Waals surface area (Å²) in [5, 5.41) is 0. The van der Waals surface area contributed by atoms with Gasteiger partial charge in [0, 0.05) is 6.42 Å². The molecule has 0 fully saturated rings. The minimum absolute atomic E-state index is 0.196. The zero-order valence-electron chi connectivity index (χ0n) is 12.2. The highest BCUT2D eigenvalue weighted by Crippen LogP contribution is 2.11.